The van der Waals surface area contributed by atoms with Gasteiger partial charge in [-0.1, -0.05) is 312 Å². The second-order valence-electron chi connectivity index (χ2n) is 26.2. The Balaban J connectivity index is 0.000000285. The molecule has 1 aromatic heterocycles. The number of rotatable bonds is 32. The van der Waals surface area contributed by atoms with Crippen molar-refractivity contribution >= 4 is 142 Å². The summed E-state index contributed by atoms with van der Waals surface area (Å²) in [5, 5.41) is 24.1. The van der Waals surface area contributed by atoms with Gasteiger partial charge in [-0.25, -0.2) is 4.98 Å². The van der Waals surface area contributed by atoms with E-state index in [2.05, 4.69) is 175 Å². The van der Waals surface area contributed by atoms with Gasteiger partial charge in [-0.15, -0.1) is 0 Å². The number of nitrogens with one attached hydrogen (secondary N) is 1. The van der Waals surface area contributed by atoms with Gasteiger partial charge in [0.2, 0.25) is 11.6 Å². The number of hydrogen-bond donors (Lipinski definition) is 4. The van der Waals surface area contributed by atoms with Crippen LogP contribution in [0.3, 0.4) is 0 Å². The number of nitrogens with zero attached hydrogens (tertiary/aromatic N) is 1. The summed E-state index contributed by atoms with van der Waals surface area (Å²) in [6.45, 7) is 13.6. The van der Waals surface area contributed by atoms with E-state index in [4.69, 9.17) is 29.5 Å². The molecule has 0 bridgehead atoms. The Morgan fingerprint density at radius 3 is 1.31 bits per heavy atom. The summed E-state index contributed by atoms with van der Waals surface area (Å²) in [5.74, 6) is 1.93. The second-order valence-corrected chi connectivity index (χ2v) is 29.9. The number of aliphatic hydroxyl groups is 1. The maximum atomic E-state index is 12.1. The van der Waals surface area contributed by atoms with Crippen molar-refractivity contribution in [1.82, 2.24) is 16.1 Å². The average Bonchev–Trinajstić information content (AvgIpc) is 1.52. The number of aldehydes is 1. The van der Waals surface area contributed by atoms with E-state index >= 15 is 0 Å². The summed E-state index contributed by atoms with van der Waals surface area (Å²) in [6.07, 6.45) is 32.3. The summed E-state index contributed by atoms with van der Waals surface area (Å²) in [5.41, 5.74) is 6.31. The van der Waals surface area contributed by atoms with Gasteiger partial charge < -0.3 is 30.8 Å². The number of H-pyrrole nitrogens is 1. The van der Waals surface area contributed by atoms with Crippen molar-refractivity contribution in [2.45, 2.75) is 203 Å². The number of carboxylic acid groups (broad SMARTS) is 1. The minimum absolute atomic E-state index is 0. The molecule has 1 aliphatic carbocycles. The molecule has 2 atom stereocenters. The molecule has 0 amide bonds. The van der Waals surface area contributed by atoms with Crippen LogP contribution < -0.4 is 15.6 Å². The topological polar surface area (TPSA) is 191 Å². The molecule has 102 heavy (non-hydrogen) atoms. The number of fused-ring (bicyclic) bond motifs is 11. The Labute approximate surface area is 640 Å². The van der Waals surface area contributed by atoms with Crippen LogP contribution in [0.4, 0.5) is 0 Å². The van der Waals surface area contributed by atoms with Crippen LogP contribution in [0.15, 0.2) is 163 Å². The van der Waals surface area contributed by atoms with E-state index in [9.17, 15) is 14.4 Å². The van der Waals surface area contributed by atoms with Gasteiger partial charge in [0.15, 0.2) is 6.29 Å². The van der Waals surface area contributed by atoms with Crippen molar-refractivity contribution in [3.05, 3.63) is 180 Å². The Hall–Kier alpha value is -6.59. The number of aromatic nitrogens is 2. The highest BCUT2D eigenvalue weighted by atomic mass is 79.9. The number of Topliss-reactive ketones (excluding diaryl/α,β-unsaturated/α-hetero) is 2. The number of aromatic amines is 1. The zero-order valence-corrected chi connectivity index (χ0v) is 66.5. The number of halogens is 4. The quantitative estimate of drug-likeness (QED) is 0.0137. The predicted octanol–water partition coefficient (Wildman–Crippen LogP) is 27.4. The molecular weight excluding hydrogens is 1530 g/mol. The van der Waals surface area contributed by atoms with E-state index in [1.54, 1.807) is 19.1 Å². The molecule has 0 saturated carbocycles. The van der Waals surface area contributed by atoms with Gasteiger partial charge in [-0.2, -0.15) is 0 Å². The zero-order chi connectivity index (χ0) is 71.8. The molecule has 0 fully saturated rings. The van der Waals surface area contributed by atoms with Crippen LogP contribution in [0.25, 0.3) is 76.6 Å². The Morgan fingerprint density at radius 1 is 0.471 bits per heavy atom. The zero-order valence-electron chi connectivity index (χ0n) is 60.2. The molecule has 9 aromatic carbocycles. The molecule has 1 aliphatic rings. The second kappa shape index (κ2) is 46.3. The van der Waals surface area contributed by atoms with E-state index in [0.29, 0.717) is 28.5 Å². The third-order valence-corrected chi connectivity index (χ3v) is 20.4. The summed E-state index contributed by atoms with van der Waals surface area (Å²) >= 11 is 14.1. The van der Waals surface area contributed by atoms with Crippen LogP contribution in [0.5, 0.6) is 11.5 Å². The van der Waals surface area contributed by atoms with Gasteiger partial charge in [0.1, 0.15) is 17.3 Å². The fraction of sp³-hybridized carbons (Fsp3) is 0.414. The normalized spacial score (nSPS) is 11.9. The molecular formula is C87H109Br4N3O8. The van der Waals surface area contributed by atoms with Crippen LogP contribution in [-0.4, -0.2) is 63.8 Å². The number of aliphatic hydroxyl groups excluding tert-OH is 1. The summed E-state index contributed by atoms with van der Waals surface area (Å²) in [7, 11) is 0. The smallest absolute Gasteiger partial charge is 0.300 e. The van der Waals surface area contributed by atoms with Gasteiger partial charge in [0, 0.05) is 53.3 Å². The molecule has 10 aromatic rings. The lowest BCUT2D eigenvalue weighted by Gasteiger charge is -2.20. The number of imidazole rings is 1. The number of ether oxygens (including phenoxy) is 2. The minimum atomic E-state index is -0.833. The monoisotopic (exact) mass is 1640 g/mol. The number of unbranched alkanes of at least 4 members (excludes halogenated alkanes) is 16. The van der Waals surface area contributed by atoms with Crippen LogP contribution in [0.1, 0.15) is 234 Å². The first kappa shape index (κ1) is 86.1. The Morgan fingerprint density at radius 2 is 0.843 bits per heavy atom. The molecule has 15 heteroatoms. The fourth-order valence-corrected chi connectivity index (χ4v) is 14.7. The van der Waals surface area contributed by atoms with Crippen molar-refractivity contribution in [3.8, 4) is 34.0 Å². The van der Waals surface area contributed by atoms with Crippen LogP contribution in [0.2, 0.25) is 0 Å². The number of aliphatic carboxylic acids is 1. The lowest BCUT2D eigenvalue weighted by atomic mass is 9.84. The van der Waals surface area contributed by atoms with Crippen molar-refractivity contribution in [2.24, 2.45) is 11.8 Å². The average molecular weight is 1640 g/mol. The van der Waals surface area contributed by atoms with Gasteiger partial charge in [-0.3, -0.25) is 19.2 Å². The van der Waals surface area contributed by atoms with E-state index in [1.165, 1.54) is 170 Å². The van der Waals surface area contributed by atoms with Gasteiger partial charge in [0.25, 0.3) is 5.97 Å². The molecule has 548 valence electrons. The summed E-state index contributed by atoms with van der Waals surface area (Å²) < 4.78 is 16.8. The predicted molar refractivity (Wildman–Crippen MR) is 444 cm³/mol. The number of hydrogen-bond acceptors (Lipinski definition) is 9. The first-order valence-corrected chi connectivity index (χ1v) is 39.7. The van der Waals surface area contributed by atoms with E-state index < -0.39 is 17.5 Å². The largest absolute Gasteiger partial charge is 0.493 e. The lowest BCUT2D eigenvalue weighted by Crippen LogP contribution is -2.21. The van der Waals surface area contributed by atoms with Crippen molar-refractivity contribution in [3.63, 3.8) is 0 Å². The van der Waals surface area contributed by atoms with Crippen LogP contribution in [-0.2, 0) is 4.79 Å². The molecule has 0 saturated heterocycles. The lowest BCUT2D eigenvalue weighted by molar-refractivity contribution is -0.134. The number of carbonyl (C=O) groups excluding carboxylic acids is 3. The SMILES string of the molecule is C.CC(=O)O.CCCCCCCCC(CCCCCC)COc1ccc2ccccc2c1-c1nc2c3cc(Br)ccc3c3ccc(Br)cc3c2[nH]1.CCCCCCCCC(CCCCCC)COc1ccc2ccccc2c1C=O.CCO.N.O=C1C(=O)c2cc(Br)ccc2-c2ccc(Br)cc21. The molecule has 6 N–H and O–H groups in total. The first-order chi connectivity index (χ1) is 48.6. The molecule has 11 nitrogen and oxygen atoms in total. The number of carbonyl (C=O) groups is 4. The molecule has 0 aliphatic heterocycles. The highest BCUT2D eigenvalue weighted by molar-refractivity contribution is 9.11. The maximum Gasteiger partial charge on any atom is 0.300 e. The third-order valence-electron chi connectivity index (χ3n) is 18.4. The van der Waals surface area contributed by atoms with E-state index in [1.807, 2.05) is 54.6 Å². The molecule has 0 radical (unpaired) electrons. The molecule has 11 rings (SSSR count). The maximum absolute atomic E-state index is 12.1. The van der Waals surface area contributed by atoms with E-state index in [-0.39, 0.29) is 20.2 Å². The highest BCUT2D eigenvalue weighted by Gasteiger charge is 2.31. The van der Waals surface area contributed by atoms with Crippen molar-refractivity contribution < 1.29 is 38.9 Å². The molecule has 2 unspecified atom stereocenters. The first-order valence-electron chi connectivity index (χ1n) is 36.5. The van der Waals surface area contributed by atoms with Gasteiger partial charge in [0.05, 0.1) is 35.4 Å². The fourth-order valence-electron chi connectivity index (χ4n) is 13.2. The van der Waals surface area contributed by atoms with Crippen molar-refractivity contribution in [2.75, 3.05) is 19.8 Å². The van der Waals surface area contributed by atoms with Gasteiger partial charge in [-0.05, 0) is 149 Å². The number of benzene rings is 9. The standard InChI is InChI=1S/C41H46Br2N2O.C27H40O2.C14H6Br2O2.C2H4O2.C2H6O.CH4.H3N/c1-3-5-7-9-10-12-16-28(15-11-8-6-4-2)27-46-37-24-19-29-17-13-14-18-32(29)38(37)41-44-39-35-25-30(42)20-22-33(35)34-23-21-31(43)26-36(34)40(39)45-41;1-3-5-7-9-10-12-16-23(15-11-8-6-4-2)22-29-27-20-19-24-17-13-14-18-25(24)26(27)21-28;15-7-1-3-9-10-4-2-8(16)6-12(10)14(18)13(17)11(9)5-7;1-2(3)4;1-2-3;;/h13-14,17-26,28H,3-12,15-16,27H2,1-2H3,(H,44,45);13-14,17-21,23H,3-12,15-16,22H2,1-2H3;1-6H;1H3,(H,3,4);3H,2H2,1H3;1H4;1H3. The Kier molecular flexibility index (Phi) is 39.0. The Bertz CT molecular complexity index is 4120. The van der Waals surface area contributed by atoms with Crippen LogP contribution in [0, 0.1) is 11.8 Å². The summed E-state index contributed by atoms with van der Waals surface area (Å²) in [4.78, 5) is 54.0. The van der Waals surface area contributed by atoms with Crippen LogP contribution >= 0.6 is 63.7 Å². The molecule has 1 heterocycles. The number of ketones is 2. The summed E-state index contributed by atoms with van der Waals surface area (Å²) in [6, 6.07) is 48.9. The number of carboxylic acids is 1. The van der Waals surface area contributed by atoms with Gasteiger partial charge >= 0.3 is 0 Å². The minimum Gasteiger partial charge on any atom is -0.493 e. The van der Waals surface area contributed by atoms with Crippen molar-refractivity contribution in [1.29, 1.82) is 0 Å². The highest BCUT2D eigenvalue weighted by Crippen LogP contribution is 2.43. The molecule has 0 spiro atoms. The van der Waals surface area contributed by atoms with E-state index in [0.717, 1.165) is 116 Å². The third kappa shape index (κ3) is 25.3.